The Bertz CT molecular complexity index is 1870. The van der Waals surface area contributed by atoms with E-state index in [2.05, 4.69) is 41.5 Å². The molecule has 0 aliphatic heterocycles. The second kappa shape index (κ2) is 69.8. The minimum Gasteiger partial charge on any atom is -0.462 e. The molecule has 19 heteroatoms. The predicted molar refractivity (Wildman–Crippen MR) is 395 cm³/mol. The molecule has 3 N–H and O–H groups in total. The number of carbonyl (C=O) groups excluding carboxylic acids is 4. The molecule has 0 radical (unpaired) electrons. The lowest BCUT2D eigenvalue weighted by Crippen LogP contribution is -2.30. The number of carbonyl (C=O) groups is 4. The van der Waals surface area contributed by atoms with E-state index in [4.69, 9.17) is 37.0 Å². The van der Waals surface area contributed by atoms with Gasteiger partial charge in [-0.05, 0) is 37.5 Å². The Morgan fingerprint density at radius 1 is 0.278 bits per heavy atom. The van der Waals surface area contributed by atoms with Gasteiger partial charge in [0.2, 0.25) is 0 Å². The topological polar surface area (TPSA) is 237 Å². The highest BCUT2D eigenvalue weighted by Crippen LogP contribution is 2.45. The van der Waals surface area contributed by atoms with Gasteiger partial charge in [0.25, 0.3) is 0 Å². The molecule has 0 spiro atoms. The van der Waals surface area contributed by atoms with Gasteiger partial charge >= 0.3 is 39.5 Å². The molecule has 0 bridgehead atoms. The quantitative estimate of drug-likeness (QED) is 0.0222. The SMILES string of the molecule is CCCCCCCCCCCCCCCCCCCCC(=O)OC[C@H](COP(=O)(O)OC[C@@H](O)COP(=O)(O)OC[C@@H](COC(=O)CCCCCCCCC(C)C)OC(=O)CCCCCCCCCCCCC)OC(=O)CCCCCCCCCCCCCCCCCCC(C)C. The first-order valence-corrected chi connectivity index (χ1v) is 43.5. The molecule has 0 fully saturated rings. The van der Waals surface area contributed by atoms with Crippen molar-refractivity contribution in [3.8, 4) is 0 Å². The monoisotopic (exact) mass is 1420 g/mol. The molecule has 0 aromatic heterocycles. The molecule has 0 aliphatic carbocycles. The highest BCUT2D eigenvalue weighted by atomic mass is 31.2. The van der Waals surface area contributed by atoms with Crippen molar-refractivity contribution >= 4 is 39.5 Å². The Balaban J connectivity index is 5.20. The van der Waals surface area contributed by atoms with Gasteiger partial charge in [-0.1, -0.05) is 356 Å². The van der Waals surface area contributed by atoms with Crippen LogP contribution in [0.3, 0.4) is 0 Å². The first-order chi connectivity index (χ1) is 46.9. The van der Waals surface area contributed by atoms with E-state index in [9.17, 15) is 43.2 Å². The summed E-state index contributed by atoms with van der Waals surface area (Å²) in [5.41, 5.74) is 0. The van der Waals surface area contributed by atoms with Crippen LogP contribution in [0.4, 0.5) is 0 Å². The van der Waals surface area contributed by atoms with E-state index in [1.807, 2.05) is 0 Å². The van der Waals surface area contributed by atoms with Crippen LogP contribution >= 0.6 is 15.6 Å². The van der Waals surface area contributed by atoms with Gasteiger partial charge in [-0.3, -0.25) is 37.3 Å². The van der Waals surface area contributed by atoms with E-state index in [-0.39, 0.29) is 25.7 Å². The third-order valence-electron chi connectivity index (χ3n) is 18.2. The molecule has 0 saturated heterocycles. The standard InChI is InChI=1S/C78H152O17P2/c1-7-9-11-13-15-17-19-20-21-22-23-27-30-34-37-41-48-54-60-75(80)88-66-73(94-78(83)63-57-51-43-39-35-31-28-25-24-26-29-33-36-40-46-52-58-70(3)4)68-92-96(84,85)90-64-72(79)65-91-97(86,87)93-69-74(67-89-76(81)61-55-49-45-44-47-53-59-71(5)6)95-77(82)62-56-50-42-38-32-18-16-14-12-10-8-2/h70-74,79H,7-69H2,1-6H3,(H,84,85)(H,86,87)/t72-,73-,74-/m1/s1. The number of unbranched alkanes of at least 4 members (excludes halogenated alkanes) is 47. The lowest BCUT2D eigenvalue weighted by Gasteiger charge is -2.21. The molecule has 576 valence electrons. The third kappa shape index (κ3) is 72.2. The summed E-state index contributed by atoms with van der Waals surface area (Å²) < 4.78 is 68.5. The molecule has 0 saturated carbocycles. The van der Waals surface area contributed by atoms with Gasteiger partial charge in [-0.2, -0.15) is 0 Å². The van der Waals surface area contributed by atoms with Gasteiger partial charge in [-0.25, -0.2) is 9.13 Å². The fourth-order valence-electron chi connectivity index (χ4n) is 12.0. The number of phosphoric ester groups is 2. The maximum absolute atomic E-state index is 13.1. The summed E-state index contributed by atoms with van der Waals surface area (Å²) in [5, 5.41) is 10.6. The Hall–Kier alpha value is -1.94. The van der Waals surface area contributed by atoms with Crippen LogP contribution in [0.2, 0.25) is 0 Å². The molecule has 2 unspecified atom stereocenters. The van der Waals surface area contributed by atoms with Crippen LogP contribution in [0, 0.1) is 11.8 Å². The van der Waals surface area contributed by atoms with Crippen molar-refractivity contribution < 1.29 is 80.2 Å². The summed E-state index contributed by atoms with van der Waals surface area (Å²) in [6.07, 6.45) is 58.5. The van der Waals surface area contributed by atoms with E-state index in [0.29, 0.717) is 31.6 Å². The largest absolute Gasteiger partial charge is 0.472 e. The number of ether oxygens (including phenoxy) is 4. The Morgan fingerprint density at radius 2 is 0.474 bits per heavy atom. The fraction of sp³-hybridized carbons (Fsp3) is 0.949. The number of aliphatic hydroxyl groups excluding tert-OH is 1. The smallest absolute Gasteiger partial charge is 0.462 e. The van der Waals surface area contributed by atoms with Crippen LogP contribution in [0.25, 0.3) is 0 Å². The van der Waals surface area contributed by atoms with E-state index in [1.165, 1.54) is 218 Å². The first-order valence-electron chi connectivity index (χ1n) is 40.5. The average Bonchev–Trinajstić information content (AvgIpc) is 1.24. The van der Waals surface area contributed by atoms with Crippen molar-refractivity contribution in [2.75, 3.05) is 39.6 Å². The van der Waals surface area contributed by atoms with Crippen LogP contribution in [-0.4, -0.2) is 96.7 Å². The van der Waals surface area contributed by atoms with Crippen LogP contribution in [0.1, 0.15) is 408 Å². The van der Waals surface area contributed by atoms with Gasteiger partial charge in [0, 0.05) is 25.7 Å². The average molecular weight is 1420 g/mol. The number of esters is 4. The van der Waals surface area contributed by atoms with Gasteiger partial charge in [0.1, 0.15) is 19.3 Å². The van der Waals surface area contributed by atoms with Crippen LogP contribution in [0.15, 0.2) is 0 Å². The summed E-state index contributed by atoms with van der Waals surface area (Å²) in [7, 11) is -9.91. The highest BCUT2D eigenvalue weighted by molar-refractivity contribution is 7.47. The molecule has 97 heavy (non-hydrogen) atoms. The normalized spacial score (nSPS) is 14.0. The molecular weight excluding hydrogens is 1270 g/mol. The summed E-state index contributed by atoms with van der Waals surface area (Å²) in [6.45, 7) is 9.55. The van der Waals surface area contributed by atoms with Gasteiger partial charge in [-0.15, -0.1) is 0 Å². The summed E-state index contributed by atoms with van der Waals surface area (Å²) in [6, 6.07) is 0. The minimum absolute atomic E-state index is 0.106. The van der Waals surface area contributed by atoms with Crippen molar-refractivity contribution in [3.63, 3.8) is 0 Å². The minimum atomic E-state index is -4.96. The van der Waals surface area contributed by atoms with E-state index in [1.54, 1.807) is 0 Å². The number of hydrogen-bond donors (Lipinski definition) is 3. The molecule has 0 amide bonds. The molecule has 0 aliphatic rings. The highest BCUT2D eigenvalue weighted by Gasteiger charge is 2.30. The lowest BCUT2D eigenvalue weighted by atomic mass is 10.0. The van der Waals surface area contributed by atoms with Crippen molar-refractivity contribution in [3.05, 3.63) is 0 Å². The number of aliphatic hydroxyl groups is 1. The molecule has 0 aromatic rings. The molecule has 0 heterocycles. The maximum Gasteiger partial charge on any atom is 0.472 e. The van der Waals surface area contributed by atoms with Gasteiger partial charge in [0.05, 0.1) is 26.4 Å². The summed E-state index contributed by atoms with van der Waals surface area (Å²) >= 11 is 0. The van der Waals surface area contributed by atoms with Crippen molar-refractivity contribution in [2.24, 2.45) is 11.8 Å². The molecule has 0 rings (SSSR count). The zero-order valence-corrected chi connectivity index (χ0v) is 65.2. The van der Waals surface area contributed by atoms with Crippen LogP contribution in [0.5, 0.6) is 0 Å². The summed E-state index contributed by atoms with van der Waals surface area (Å²) in [5.74, 6) is -0.626. The molecule has 17 nitrogen and oxygen atoms in total. The number of rotatable bonds is 77. The fourth-order valence-corrected chi connectivity index (χ4v) is 13.6. The van der Waals surface area contributed by atoms with E-state index < -0.39 is 97.5 Å². The first kappa shape index (κ1) is 95.1. The number of hydrogen-bond acceptors (Lipinski definition) is 15. The van der Waals surface area contributed by atoms with Crippen LogP contribution < -0.4 is 0 Å². The van der Waals surface area contributed by atoms with Crippen molar-refractivity contribution in [1.82, 2.24) is 0 Å². The molecular formula is C78H152O17P2. The second-order valence-corrected chi connectivity index (χ2v) is 32.0. The lowest BCUT2D eigenvalue weighted by molar-refractivity contribution is -0.161. The van der Waals surface area contributed by atoms with E-state index >= 15 is 0 Å². The van der Waals surface area contributed by atoms with Crippen LogP contribution in [-0.2, 0) is 65.4 Å². The Kier molecular flexibility index (Phi) is 68.4. The predicted octanol–water partition coefficient (Wildman–Crippen LogP) is 23.1. The Labute approximate surface area is 594 Å². The number of phosphoric acid groups is 2. The molecule has 0 aromatic carbocycles. The van der Waals surface area contributed by atoms with E-state index in [0.717, 1.165) is 102 Å². The zero-order chi connectivity index (χ0) is 71.4. The zero-order valence-electron chi connectivity index (χ0n) is 63.4. The second-order valence-electron chi connectivity index (χ2n) is 29.1. The maximum atomic E-state index is 13.1. The summed E-state index contributed by atoms with van der Waals surface area (Å²) in [4.78, 5) is 72.8. The van der Waals surface area contributed by atoms with Crippen molar-refractivity contribution in [2.45, 2.75) is 426 Å². The third-order valence-corrected chi connectivity index (χ3v) is 20.1. The van der Waals surface area contributed by atoms with Gasteiger partial charge in [0.15, 0.2) is 12.2 Å². The Morgan fingerprint density at radius 3 is 0.701 bits per heavy atom. The molecule has 5 atom stereocenters. The van der Waals surface area contributed by atoms with Gasteiger partial charge < -0.3 is 33.8 Å². The van der Waals surface area contributed by atoms with Crippen molar-refractivity contribution in [1.29, 1.82) is 0 Å².